The van der Waals surface area contributed by atoms with Crippen LogP contribution in [0, 0.1) is 0 Å². The summed E-state index contributed by atoms with van der Waals surface area (Å²) in [6, 6.07) is 13.6. The molecule has 1 unspecified atom stereocenters. The molecule has 1 saturated heterocycles. The van der Waals surface area contributed by atoms with Crippen LogP contribution in [0.25, 0.3) is 0 Å². The molecule has 2 heterocycles. The highest BCUT2D eigenvalue weighted by Crippen LogP contribution is 2.26. The summed E-state index contributed by atoms with van der Waals surface area (Å²) in [5, 5.41) is 0. The summed E-state index contributed by atoms with van der Waals surface area (Å²) in [6.45, 7) is 1.40. The number of H-pyrrole nitrogens is 1. The van der Waals surface area contributed by atoms with E-state index in [9.17, 15) is 9.59 Å². The van der Waals surface area contributed by atoms with Crippen LogP contribution in [0.5, 0.6) is 0 Å². The molecule has 1 aromatic heterocycles. The molecule has 1 aliphatic heterocycles. The van der Waals surface area contributed by atoms with Crippen molar-refractivity contribution in [2.75, 3.05) is 13.1 Å². The van der Waals surface area contributed by atoms with Gasteiger partial charge >= 0.3 is 0 Å². The van der Waals surface area contributed by atoms with Gasteiger partial charge in [0.05, 0.1) is 0 Å². The minimum Gasteiger partial charge on any atom is -0.338 e. The number of nitrogens with zero attached hydrogens (tertiary/aromatic N) is 1. The summed E-state index contributed by atoms with van der Waals surface area (Å²) in [7, 11) is 0. The van der Waals surface area contributed by atoms with E-state index in [1.807, 2.05) is 23.1 Å². The lowest BCUT2D eigenvalue weighted by Gasteiger charge is -2.24. The van der Waals surface area contributed by atoms with E-state index >= 15 is 0 Å². The number of aromatic amines is 1. The molecule has 0 aliphatic carbocycles. The Morgan fingerprint density at radius 1 is 1.09 bits per heavy atom. The molecule has 1 aliphatic rings. The van der Waals surface area contributed by atoms with E-state index in [1.165, 1.54) is 5.56 Å². The van der Waals surface area contributed by atoms with E-state index in [1.54, 1.807) is 18.3 Å². The number of carbonyl (C=O) groups excluding carboxylic acids is 1. The van der Waals surface area contributed by atoms with Gasteiger partial charge in [0.2, 0.25) is 0 Å². The van der Waals surface area contributed by atoms with Gasteiger partial charge < -0.3 is 9.88 Å². The summed E-state index contributed by atoms with van der Waals surface area (Å²) in [4.78, 5) is 28.9. The monoisotopic (exact) mass is 296 g/mol. The van der Waals surface area contributed by atoms with Gasteiger partial charge in [0.25, 0.3) is 11.5 Å². The average Bonchev–Trinajstić information content (AvgIpc) is 2.82. The predicted octanol–water partition coefficient (Wildman–Crippen LogP) is 2.78. The lowest BCUT2D eigenvalue weighted by molar-refractivity contribution is 0.0752. The maximum absolute atomic E-state index is 12.7. The zero-order valence-corrected chi connectivity index (χ0v) is 12.5. The van der Waals surface area contributed by atoms with Crippen LogP contribution in [0.4, 0.5) is 0 Å². The van der Waals surface area contributed by atoms with E-state index in [0.717, 1.165) is 25.8 Å². The van der Waals surface area contributed by atoms with Crippen molar-refractivity contribution in [2.24, 2.45) is 0 Å². The highest BCUT2D eigenvalue weighted by Gasteiger charge is 2.25. The van der Waals surface area contributed by atoms with Crippen molar-refractivity contribution in [3.05, 3.63) is 70.1 Å². The first-order valence-electron chi connectivity index (χ1n) is 7.77. The largest absolute Gasteiger partial charge is 0.338 e. The second-order valence-electron chi connectivity index (χ2n) is 5.77. The number of benzene rings is 1. The smallest absolute Gasteiger partial charge is 0.260 e. The van der Waals surface area contributed by atoms with E-state index in [-0.39, 0.29) is 17.0 Å². The van der Waals surface area contributed by atoms with Crippen molar-refractivity contribution in [3.63, 3.8) is 0 Å². The summed E-state index contributed by atoms with van der Waals surface area (Å²) in [5.74, 6) is 0.181. The first-order chi connectivity index (χ1) is 10.8. The van der Waals surface area contributed by atoms with E-state index in [2.05, 4.69) is 17.1 Å². The third-order valence-electron chi connectivity index (χ3n) is 4.28. The normalized spacial score (nSPS) is 18.7. The molecule has 0 saturated carbocycles. The molecule has 0 bridgehead atoms. The highest BCUT2D eigenvalue weighted by molar-refractivity contribution is 5.93. The summed E-state index contributed by atoms with van der Waals surface area (Å²) in [5.41, 5.74) is 1.19. The molecule has 1 aromatic carbocycles. The molecule has 1 amide bonds. The van der Waals surface area contributed by atoms with Crippen molar-refractivity contribution in [3.8, 4) is 0 Å². The lowest BCUT2D eigenvalue weighted by atomic mass is 9.94. The van der Waals surface area contributed by atoms with Crippen LogP contribution in [0.3, 0.4) is 0 Å². The quantitative estimate of drug-likeness (QED) is 0.926. The Kier molecular flexibility index (Phi) is 4.37. The van der Waals surface area contributed by atoms with Gasteiger partial charge in [-0.15, -0.1) is 0 Å². The van der Waals surface area contributed by atoms with Gasteiger partial charge in [-0.25, -0.2) is 0 Å². The predicted molar refractivity (Wildman–Crippen MR) is 86.0 cm³/mol. The number of likely N-dealkylation sites (tertiary alicyclic amines) is 1. The van der Waals surface area contributed by atoms with Crippen molar-refractivity contribution in [2.45, 2.75) is 25.2 Å². The second-order valence-corrected chi connectivity index (χ2v) is 5.77. The van der Waals surface area contributed by atoms with E-state index < -0.39 is 0 Å². The zero-order chi connectivity index (χ0) is 15.4. The number of hydrogen-bond donors (Lipinski definition) is 1. The van der Waals surface area contributed by atoms with Crippen LogP contribution in [0.15, 0.2) is 53.5 Å². The lowest BCUT2D eigenvalue weighted by Crippen LogP contribution is -2.37. The molecule has 1 N–H and O–H groups in total. The van der Waals surface area contributed by atoms with Crippen LogP contribution < -0.4 is 5.56 Å². The molecule has 1 atom stereocenters. The second kappa shape index (κ2) is 6.60. The van der Waals surface area contributed by atoms with Gasteiger partial charge in [-0.2, -0.15) is 0 Å². The molecule has 0 spiro atoms. The molecule has 3 rings (SSSR count). The number of aromatic nitrogens is 1. The van der Waals surface area contributed by atoms with Gasteiger partial charge in [0, 0.05) is 25.2 Å². The molecular weight excluding hydrogens is 276 g/mol. The van der Waals surface area contributed by atoms with E-state index in [0.29, 0.717) is 12.5 Å². The Morgan fingerprint density at radius 2 is 1.91 bits per heavy atom. The number of rotatable bonds is 2. The van der Waals surface area contributed by atoms with Crippen molar-refractivity contribution >= 4 is 5.91 Å². The molecule has 2 aromatic rings. The molecule has 0 radical (unpaired) electrons. The standard InChI is InChI=1S/C18H20N2O2/c21-17-16(10-6-11-19-17)18(22)20-12-5-4-9-15(13-20)14-7-2-1-3-8-14/h1-3,6-8,10-11,15H,4-5,9,12-13H2,(H,19,21). The topological polar surface area (TPSA) is 53.2 Å². The Labute approximate surface area is 129 Å². The Morgan fingerprint density at radius 3 is 2.68 bits per heavy atom. The van der Waals surface area contributed by atoms with Gasteiger partial charge in [0.15, 0.2) is 0 Å². The van der Waals surface area contributed by atoms with Crippen molar-refractivity contribution in [1.29, 1.82) is 0 Å². The Bertz CT molecular complexity index is 693. The summed E-state index contributed by atoms with van der Waals surface area (Å²) in [6.07, 6.45) is 4.72. The van der Waals surface area contributed by atoms with Gasteiger partial charge in [-0.3, -0.25) is 9.59 Å². The third kappa shape index (κ3) is 3.11. The molecule has 4 nitrogen and oxygen atoms in total. The molecule has 1 fully saturated rings. The Hall–Kier alpha value is -2.36. The fourth-order valence-corrected chi connectivity index (χ4v) is 3.08. The fourth-order valence-electron chi connectivity index (χ4n) is 3.08. The number of nitrogens with one attached hydrogen (secondary N) is 1. The fraction of sp³-hybridized carbons (Fsp3) is 0.333. The van der Waals surface area contributed by atoms with Gasteiger partial charge in [-0.1, -0.05) is 36.8 Å². The molecular formula is C18H20N2O2. The molecule has 22 heavy (non-hydrogen) atoms. The minimum absolute atomic E-state index is 0.162. The minimum atomic E-state index is -0.312. The van der Waals surface area contributed by atoms with Gasteiger partial charge in [-0.05, 0) is 30.5 Å². The third-order valence-corrected chi connectivity index (χ3v) is 4.28. The molecule has 4 heteroatoms. The number of hydrogen-bond acceptors (Lipinski definition) is 2. The van der Waals surface area contributed by atoms with E-state index in [4.69, 9.17) is 0 Å². The van der Waals surface area contributed by atoms with Crippen LogP contribution in [-0.2, 0) is 0 Å². The number of carbonyl (C=O) groups is 1. The van der Waals surface area contributed by atoms with Gasteiger partial charge in [0.1, 0.15) is 5.56 Å². The highest BCUT2D eigenvalue weighted by atomic mass is 16.2. The maximum Gasteiger partial charge on any atom is 0.260 e. The van der Waals surface area contributed by atoms with Crippen LogP contribution >= 0.6 is 0 Å². The number of amides is 1. The first kappa shape index (κ1) is 14.6. The molecule has 114 valence electrons. The summed E-state index contributed by atoms with van der Waals surface area (Å²) < 4.78 is 0. The van der Waals surface area contributed by atoms with Crippen molar-refractivity contribution < 1.29 is 4.79 Å². The van der Waals surface area contributed by atoms with Crippen LogP contribution in [0.2, 0.25) is 0 Å². The zero-order valence-electron chi connectivity index (χ0n) is 12.5. The van der Waals surface area contributed by atoms with Crippen molar-refractivity contribution in [1.82, 2.24) is 9.88 Å². The SMILES string of the molecule is O=C(c1ccc[nH]c1=O)N1CCCCC(c2ccccc2)C1. The maximum atomic E-state index is 12.7. The van der Waals surface area contributed by atoms with Crippen LogP contribution in [-0.4, -0.2) is 28.9 Å². The summed E-state index contributed by atoms with van der Waals surface area (Å²) >= 11 is 0. The number of pyridine rings is 1. The Balaban J connectivity index is 1.83. The first-order valence-corrected chi connectivity index (χ1v) is 7.77. The average molecular weight is 296 g/mol. The van der Waals surface area contributed by atoms with Crippen LogP contribution in [0.1, 0.15) is 41.1 Å².